The lowest BCUT2D eigenvalue weighted by molar-refractivity contribution is 0.0701. The molecular weight excluding hydrogens is 277 g/mol. The summed E-state index contributed by atoms with van der Waals surface area (Å²) in [6.45, 7) is 5.58. The molecule has 1 heterocycles. The Balaban J connectivity index is 2.33. The smallest absolute Gasteiger partial charge is 0.347 e. The van der Waals surface area contributed by atoms with Gasteiger partial charge in [-0.2, -0.15) is 0 Å². The van der Waals surface area contributed by atoms with Crippen LogP contribution in [0, 0.1) is 12.7 Å². The lowest BCUT2D eigenvalue weighted by Crippen LogP contribution is -2.21. The van der Waals surface area contributed by atoms with Crippen molar-refractivity contribution in [2.75, 3.05) is 0 Å². The van der Waals surface area contributed by atoms with Crippen molar-refractivity contribution in [2.24, 2.45) is 0 Å². The van der Waals surface area contributed by atoms with Crippen molar-refractivity contribution in [3.05, 3.63) is 51.2 Å². The van der Waals surface area contributed by atoms with Crippen molar-refractivity contribution in [2.45, 2.75) is 32.6 Å². The van der Waals surface area contributed by atoms with Gasteiger partial charge in [0.25, 0.3) is 0 Å². The number of benzene rings is 1. The molecule has 2 rings (SSSR count). The standard InChI is InChI=1S/C15H16FNO2S/c1-9-12(13(18)19)20-14(17-9)15(2,3)8-10-6-4-5-7-11(10)16/h4-7H,8H2,1-3H3,(H,18,19). The van der Waals surface area contributed by atoms with Gasteiger partial charge in [-0.25, -0.2) is 14.2 Å². The second-order valence-corrected chi connectivity index (χ2v) is 6.39. The molecule has 0 aliphatic rings. The molecule has 0 aliphatic heterocycles. The van der Waals surface area contributed by atoms with E-state index in [1.54, 1.807) is 25.1 Å². The lowest BCUT2D eigenvalue weighted by atomic mass is 9.86. The first kappa shape index (κ1) is 14.7. The van der Waals surface area contributed by atoms with Crippen LogP contribution in [-0.2, 0) is 11.8 Å². The fraction of sp³-hybridized carbons (Fsp3) is 0.333. The van der Waals surface area contributed by atoms with Crippen LogP contribution in [0.25, 0.3) is 0 Å². The van der Waals surface area contributed by atoms with E-state index in [1.807, 2.05) is 13.8 Å². The normalized spacial score (nSPS) is 11.6. The molecule has 1 N–H and O–H groups in total. The van der Waals surface area contributed by atoms with Gasteiger partial charge in [-0.05, 0) is 25.0 Å². The van der Waals surface area contributed by atoms with Gasteiger partial charge in [-0.15, -0.1) is 11.3 Å². The van der Waals surface area contributed by atoms with Crippen molar-refractivity contribution < 1.29 is 14.3 Å². The zero-order valence-electron chi connectivity index (χ0n) is 11.6. The van der Waals surface area contributed by atoms with Crippen LogP contribution in [0.5, 0.6) is 0 Å². The molecule has 1 aromatic carbocycles. The zero-order chi connectivity index (χ0) is 14.9. The fourth-order valence-corrected chi connectivity index (χ4v) is 3.08. The number of halogens is 1. The summed E-state index contributed by atoms with van der Waals surface area (Å²) in [5, 5.41) is 9.81. The molecule has 0 bridgehead atoms. The zero-order valence-corrected chi connectivity index (χ0v) is 12.4. The predicted octanol–water partition coefficient (Wildman–Crippen LogP) is 3.81. The molecule has 0 atom stereocenters. The molecule has 3 nitrogen and oxygen atoms in total. The number of hydrogen-bond donors (Lipinski definition) is 1. The van der Waals surface area contributed by atoms with E-state index in [-0.39, 0.29) is 10.7 Å². The summed E-state index contributed by atoms with van der Waals surface area (Å²) >= 11 is 1.17. The monoisotopic (exact) mass is 293 g/mol. The number of carboxylic acids is 1. The van der Waals surface area contributed by atoms with Gasteiger partial charge in [0.05, 0.1) is 10.7 Å². The minimum absolute atomic E-state index is 0.243. The van der Waals surface area contributed by atoms with Crippen molar-refractivity contribution in [1.29, 1.82) is 0 Å². The molecule has 0 unspecified atom stereocenters. The summed E-state index contributed by atoms with van der Waals surface area (Å²) in [4.78, 5) is 15.7. The SMILES string of the molecule is Cc1nc(C(C)(C)Cc2ccccc2F)sc1C(=O)O. The Morgan fingerprint density at radius 1 is 1.40 bits per heavy atom. The third-order valence-electron chi connectivity index (χ3n) is 3.16. The second-order valence-electron chi connectivity index (χ2n) is 5.39. The fourth-order valence-electron chi connectivity index (χ4n) is 2.08. The number of rotatable bonds is 4. The number of hydrogen-bond acceptors (Lipinski definition) is 3. The van der Waals surface area contributed by atoms with Crippen LogP contribution < -0.4 is 0 Å². The number of nitrogens with zero attached hydrogens (tertiary/aromatic N) is 1. The largest absolute Gasteiger partial charge is 0.477 e. The van der Waals surface area contributed by atoms with Gasteiger partial charge in [0.2, 0.25) is 0 Å². The van der Waals surface area contributed by atoms with E-state index in [9.17, 15) is 9.18 Å². The van der Waals surface area contributed by atoms with E-state index >= 15 is 0 Å². The molecular formula is C15H16FNO2S. The van der Waals surface area contributed by atoms with E-state index in [0.717, 1.165) is 5.01 Å². The summed E-state index contributed by atoms with van der Waals surface area (Å²) in [6.07, 6.45) is 0.478. The van der Waals surface area contributed by atoms with Gasteiger partial charge >= 0.3 is 5.97 Å². The van der Waals surface area contributed by atoms with Gasteiger partial charge in [-0.1, -0.05) is 32.0 Å². The maximum absolute atomic E-state index is 13.7. The third-order valence-corrected chi connectivity index (χ3v) is 4.67. The molecule has 0 amide bonds. The first-order chi connectivity index (χ1) is 9.31. The summed E-state index contributed by atoms with van der Waals surface area (Å²) in [7, 11) is 0. The molecule has 0 spiro atoms. The highest BCUT2D eigenvalue weighted by molar-refractivity contribution is 7.13. The predicted molar refractivity (Wildman–Crippen MR) is 76.9 cm³/mol. The van der Waals surface area contributed by atoms with E-state index in [1.165, 1.54) is 17.4 Å². The van der Waals surface area contributed by atoms with E-state index in [4.69, 9.17) is 5.11 Å². The maximum Gasteiger partial charge on any atom is 0.347 e. The van der Waals surface area contributed by atoms with E-state index in [0.29, 0.717) is 17.7 Å². The molecule has 1 aromatic heterocycles. The molecule has 0 saturated carbocycles. The molecule has 0 saturated heterocycles. The highest BCUT2D eigenvalue weighted by Crippen LogP contribution is 2.33. The van der Waals surface area contributed by atoms with Crippen LogP contribution in [-0.4, -0.2) is 16.1 Å². The summed E-state index contributed by atoms with van der Waals surface area (Å²) < 4.78 is 13.7. The van der Waals surface area contributed by atoms with Crippen molar-refractivity contribution in [3.63, 3.8) is 0 Å². The Morgan fingerprint density at radius 3 is 2.60 bits per heavy atom. The minimum atomic E-state index is -0.965. The molecule has 5 heteroatoms. The quantitative estimate of drug-likeness (QED) is 0.932. The summed E-state index contributed by atoms with van der Waals surface area (Å²) in [5.74, 6) is -1.21. The Labute approximate surface area is 121 Å². The highest BCUT2D eigenvalue weighted by atomic mass is 32.1. The Kier molecular flexibility index (Phi) is 3.90. The second kappa shape index (κ2) is 5.32. The first-order valence-electron chi connectivity index (χ1n) is 6.26. The van der Waals surface area contributed by atoms with E-state index < -0.39 is 11.4 Å². The lowest BCUT2D eigenvalue weighted by Gasteiger charge is -2.22. The number of carbonyl (C=O) groups is 1. The number of aromatic carboxylic acids is 1. The van der Waals surface area contributed by atoms with Crippen molar-refractivity contribution in [3.8, 4) is 0 Å². The van der Waals surface area contributed by atoms with Gasteiger partial charge in [0.1, 0.15) is 10.7 Å². The van der Waals surface area contributed by atoms with Crippen LogP contribution in [0.1, 0.15) is 39.8 Å². The first-order valence-corrected chi connectivity index (χ1v) is 7.07. The van der Waals surface area contributed by atoms with Crippen LogP contribution in [0.4, 0.5) is 4.39 Å². The summed E-state index contributed by atoms with van der Waals surface area (Å²) in [5.41, 5.74) is 0.715. The number of aryl methyl sites for hydroxylation is 1. The average molecular weight is 293 g/mol. The van der Waals surface area contributed by atoms with Crippen LogP contribution in [0.3, 0.4) is 0 Å². The molecule has 106 valence electrons. The van der Waals surface area contributed by atoms with Crippen LogP contribution in [0.2, 0.25) is 0 Å². The highest BCUT2D eigenvalue weighted by Gasteiger charge is 2.28. The van der Waals surface area contributed by atoms with Crippen molar-refractivity contribution >= 4 is 17.3 Å². The number of aromatic nitrogens is 1. The molecule has 0 fully saturated rings. The topological polar surface area (TPSA) is 50.2 Å². The minimum Gasteiger partial charge on any atom is -0.477 e. The molecule has 2 aromatic rings. The molecule has 20 heavy (non-hydrogen) atoms. The van der Waals surface area contributed by atoms with Crippen molar-refractivity contribution in [1.82, 2.24) is 4.98 Å². The van der Waals surface area contributed by atoms with Gasteiger partial charge in [0.15, 0.2) is 0 Å². The Bertz CT molecular complexity index is 649. The molecule has 0 aliphatic carbocycles. The van der Waals surface area contributed by atoms with Gasteiger partial charge in [0, 0.05) is 5.41 Å². The Morgan fingerprint density at radius 2 is 2.05 bits per heavy atom. The Hall–Kier alpha value is -1.75. The molecule has 0 radical (unpaired) electrons. The number of carboxylic acid groups (broad SMARTS) is 1. The average Bonchev–Trinajstić information content (AvgIpc) is 2.75. The van der Waals surface area contributed by atoms with E-state index in [2.05, 4.69) is 4.98 Å². The maximum atomic E-state index is 13.7. The van der Waals surface area contributed by atoms with Crippen LogP contribution >= 0.6 is 11.3 Å². The third kappa shape index (κ3) is 2.88. The van der Waals surface area contributed by atoms with Gasteiger partial charge < -0.3 is 5.11 Å². The van der Waals surface area contributed by atoms with Crippen LogP contribution in [0.15, 0.2) is 24.3 Å². The number of thiazole rings is 1. The van der Waals surface area contributed by atoms with Gasteiger partial charge in [-0.3, -0.25) is 0 Å². The summed E-state index contributed by atoms with van der Waals surface area (Å²) in [6, 6.07) is 6.63.